The van der Waals surface area contributed by atoms with Crippen molar-refractivity contribution in [3.05, 3.63) is 54.1 Å². The molecule has 26 heavy (non-hydrogen) atoms. The van der Waals surface area contributed by atoms with E-state index in [1.165, 1.54) is 11.3 Å². The molecule has 1 N–H and O–H groups in total. The highest BCUT2D eigenvalue weighted by Crippen LogP contribution is 2.26. The number of rotatable bonds is 5. The maximum Gasteiger partial charge on any atom is 0.224 e. The number of nitrogens with zero attached hydrogens (tertiary/aromatic N) is 2. The quantitative estimate of drug-likeness (QED) is 0.900. The Balaban J connectivity index is 1.23. The SMILES string of the molecule is O=C1CCc2cc(OCCN3CCN(c4ccccc4)CC3)ccc2N1. The fraction of sp³-hybridized carbons (Fsp3) is 0.381. The molecule has 2 aliphatic rings. The summed E-state index contributed by atoms with van der Waals surface area (Å²) >= 11 is 0. The Morgan fingerprint density at radius 3 is 2.58 bits per heavy atom. The number of ether oxygens (including phenoxy) is 1. The molecule has 1 amide bonds. The molecule has 0 spiro atoms. The number of hydrogen-bond acceptors (Lipinski definition) is 4. The zero-order valence-corrected chi connectivity index (χ0v) is 15.0. The smallest absolute Gasteiger partial charge is 0.224 e. The van der Waals surface area contributed by atoms with Gasteiger partial charge in [0.25, 0.3) is 0 Å². The van der Waals surface area contributed by atoms with Gasteiger partial charge >= 0.3 is 0 Å². The average Bonchev–Trinajstić information content (AvgIpc) is 2.69. The fourth-order valence-corrected chi connectivity index (χ4v) is 3.61. The lowest BCUT2D eigenvalue weighted by Crippen LogP contribution is -2.47. The van der Waals surface area contributed by atoms with Crippen molar-refractivity contribution in [2.45, 2.75) is 12.8 Å². The lowest BCUT2D eigenvalue weighted by atomic mass is 10.0. The Kier molecular flexibility index (Phi) is 5.07. The van der Waals surface area contributed by atoms with Crippen LogP contribution >= 0.6 is 0 Å². The molecule has 2 aromatic rings. The van der Waals surface area contributed by atoms with Crippen LogP contribution in [0.5, 0.6) is 5.75 Å². The molecule has 0 radical (unpaired) electrons. The third kappa shape index (κ3) is 3.99. The Morgan fingerprint density at radius 1 is 0.962 bits per heavy atom. The number of amides is 1. The standard InChI is InChI=1S/C21H25N3O2/c25-21-9-6-17-16-19(7-8-20(17)22-21)26-15-14-23-10-12-24(13-11-23)18-4-2-1-3-5-18/h1-5,7-8,16H,6,9-15H2,(H,22,25). The molecule has 136 valence electrons. The second kappa shape index (κ2) is 7.79. The molecule has 2 aliphatic heterocycles. The first-order valence-corrected chi connectivity index (χ1v) is 9.36. The van der Waals surface area contributed by atoms with E-state index in [4.69, 9.17) is 4.74 Å². The van der Waals surface area contributed by atoms with E-state index < -0.39 is 0 Å². The molecule has 5 nitrogen and oxygen atoms in total. The lowest BCUT2D eigenvalue weighted by Gasteiger charge is -2.36. The van der Waals surface area contributed by atoms with E-state index in [1.807, 2.05) is 12.1 Å². The molecule has 0 bridgehead atoms. The van der Waals surface area contributed by atoms with Crippen molar-refractivity contribution in [2.75, 3.05) is 49.5 Å². The summed E-state index contributed by atoms with van der Waals surface area (Å²) in [6.07, 6.45) is 1.35. The normalized spacial score (nSPS) is 17.5. The van der Waals surface area contributed by atoms with Crippen molar-refractivity contribution in [1.29, 1.82) is 0 Å². The van der Waals surface area contributed by atoms with E-state index >= 15 is 0 Å². The van der Waals surface area contributed by atoms with E-state index in [1.54, 1.807) is 0 Å². The molecule has 0 aromatic heterocycles. The Bertz CT molecular complexity index is 755. The van der Waals surface area contributed by atoms with Gasteiger partial charge in [0, 0.05) is 50.5 Å². The molecule has 4 rings (SSSR count). The Morgan fingerprint density at radius 2 is 1.77 bits per heavy atom. The molecular formula is C21H25N3O2. The Hall–Kier alpha value is -2.53. The minimum absolute atomic E-state index is 0.0980. The van der Waals surface area contributed by atoms with Gasteiger partial charge in [0.15, 0.2) is 0 Å². The summed E-state index contributed by atoms with van der Waals surface area (Å²) in [4.78, 5) is 16.3. The highest BCUT2D eigenvalue weighted by atomic mass is 16.5. The van der Waals surface area contributed by atoms with Crippen LogP contribution in [0.15, 0.2) is 48.5 Å². The van der Waals surface area contributed by atoms with Crippen molar-refractivity contribution in [3.63, 3.8) is 0 Å². The van der Waals surface area contributed by atoms with Crippen LogP contribution in [0.1, 0.15) is 12.0 Å². The number of anilines is 2. The van der Waals surface area contributed by atoms with Crippen LogP contribution in [-0.2, 0) is 11.2 Å². The lowest BCUT2D eigenvalue weighted by molar-refractivity contribution is -0.116. The second-order valence-corrected chi connectivity index (χ2v) is 6.88. The monoisotopic (exact) mass is 351 g/mol. The van der Waals surface area contributed by atoms with Crippen LogP contribution in [0.3, 0.4) is 0 Å². The Labute approximate surface area is 154 Å². The van der Waals surface area contributed by atoms with Gasteiger partial charge in [0.1, 0.15) is 12.4 Å². The van der Waals surface area contributed by atoms with Gasteiger partial charge < -0.3 is 15.0 Å². The third-order valence-electron chi connectivity index (χ3n) is 5.14. The van der Waals surface area contributed by atoms with Gasteiger partial charge in [-0.2, -0.15) is 0 Å². The fourth-order valence-electron chi connectivity index (χ4n) is 3.61. The number of aryl methyl sites for hydroxylation is 1. The van der Waals surface area contributed by atoms with Crippen molar-refractivity contribution in [3.8, 4) is 5.75 Å². The van der Waals surface area contributed by atoms with Crippen LogP contribution in [0, 0.1) is 0 Å². The van der Waals surface area contributed by atoms with Gasteiger partial charge in [0.2, 0.25) is 5.91 Å². The largest absolute Gasteiger partial charge is 0.492 e. The molecule has 2 aromatic carbocycles. The number of carbonyl (C=O) groups is 1. The van der Waals surface area contributed by atoms with Crippen LogP contribution in [0.25, 0.3) is 0 Å². The van der Waals surface area contributed by atoms with Crippen molar-refractivity contribution < 1.29 is 9.53 Å². The average molecular weight is 351 g/mol. The number of piperazine rings is 1. The molecule has 0 atom stereocenters. The highest BCUT2D eigenvalue weighted by Gasteiger charge is 2.17. The zero-order chi connectivity index (χ0) is 17.8. The summed E-state index contributed by atoms with van der Waals surface area (Å²) in [5.41, 5.74) is 3.40. The topological polar surface area (TPSA) is 44.8 Å². The summed E-state index contributed by atoms with van der Waals surface area (Å²) in [5.74, 6) is 0.989. The second-order valence-electron chi connectivity index (χ2n) is 6.88. The molecule has 1 fully saturated rings. The van der Waals surface area contributed by atoms with Crippen molar-refractivity contribution in [1.82, 2.24) is 4.90 Å². The number of nitrogens with one attached hydrogen (secondary N) is 1. The molecule has 0 saturated carbocycles. The summed E-state index contributed by atoms with van der Waals surface area (Å²) in [5, 5.41) is 2.91. The number of para-hydroxylation sites is 1. The first-order valence-electron chi connectivity index (χ1n) is 9.36. The van der Waals surface area contributed by atoms with Gasteiger partial charge in [-0.25, -0.2) is 0 Å². The van der Waals surface area contributed by atoms with Gasteiger partial charge in [-0.3, -0.25) is 9.69 Å². The van der Waals surface area contributed by atoms with E-state index in [9.17, 15) is 4.79 Å². The van der Waals surface area contributed by atoms with Crippen LogP contribution in [0.4, 0.5) is 11.4 Å². The molecule has 2 heterocycles. The number of hydrogen-bond donors (Lipinski definition) is 1. The summed E-state index contributed by atoms with van der Waals surface area (Å²) < 4.78 is 5.95. The first-order chi connectivity index (χ1) is 12.8. The van der Waals surface area contributed by atoms with E-state index in [-0.39, 0.29) is 5.91 Å². The predicted molar refractivity (Wildman–Crippen MR) is 104 cm³/mol. The van der Waals surface area contributed by atoms with Crippen molar-refractivity contribution in [2.24, 2.45) is 0 Å². The molecular weight excluding hydrogens is 326 g/mol. The van der Waals surface area contributed by atoms with Crippen LogP contribution < -0.4 is 15.0 Å². The molecule has 1 saturated heterocycles. The predicted octanol–water partition coefficient (Wildman–Crippen LogP) is 2.77. The van der Waals surface area contributed by atoms with Gasteiger partial charge in [-0.1, -0.05) is 18.2 Å². The van der Waals surface area contributed by atoms with E-state index in [0.717, 1.165) is 50.6 Å². The van der Waals surface area contributed by atoms with Crippen molar-refractivity contribution >= 4 is 17.3 Å². The maximum absolute atomic E-state index is 11.4. The number of benzene rings is 2. The highest BCUT2D eigenvalue weighted by molar-refractivity contribution is 5.93. The number of fused-ring (bicyclic) bond motifs is 1. The minimum atomic E-state index is 0.0980. The van der Waals surface area contributed by atoms with E-state index in [0.29, 0.717) is 13.0 Å². The zero-order valence-electron chi connectivity index (χ0n) is 15.0. The van der Waals surface area contributed by atoms with Crippen LogP contribution in [-0.4, -0.2) is 50.1 Å². The minimum Gasteiger partial charge on any atom is -0.492 e. The molecule has 5 heteroatoms. The molecule has 0 aliphatic carbocycles. The summed E-state index contributed by atoms with van der Waals surface area (Å²) in [6.45, 7) is 5.88. The van der Waals surface area contributed by atoms with Gasteiger partial charge in [0.05, 0.1) is 0 Å². The van der Waals surface area contributed by atoms with Gasteiger partial charge in [-0.05, 0) is 42.3 Å². The van der Waals surface area contributed by atoms with E-state index in [2.05, 4.69) is 51.5 Å². The summed E-state index contributed by atoms with van der Waals surface area (Å²) in [7, 11) is 0. The van der Waals surface area contributed by atoms with Crippen LogP contribution in [0.2, 0.25) is 0 Å². The third-order valence-corrected chi connectivity index (χ3v) is 5.14. The number of carbonyl (C=O) groups excluding carboxylic acids is 1. The first kappa shape index (κ1) is 16.9. The molecule has 0 unspecified atom stereocenters. The van der Waals surface area contributed by atoms with Gasteiger partial charge in [-0.15, -0.1) is 0 Å². The summed E-state index contributed by atoms with van der Waals surface area (Å²) in [6, 6.07) is 16.6. The maximum atomic E-state index is 11.4.